The topological polar surface area (TPSA) is 8.17 Å². The molecule has 11 aromatic rings. The van der Waals surface area contributed by atoms with Gasteiger partial charge < -0.3 is 9.47 Å². The number of anilines is 3. The second-order valence-corrected chi connectivity index (χ2v) is 14.8. The SMILES string of the molecule is c1ccc(-c2cccc3cccc(-c4ccccc4N(c4ccccc4-c4cccc5ccccc45)c4cccc5c6ccccc6n(-c6ccccc6)c45)c23)cc1. The Labute approximate surface area is 338 Å². The van der Waals surface area contributed by atoms with Crippen LogP contribution in [0, 0.1) is 0 Å². The first kappa shape index (κ1) is 33.6. The molecule has 0 atom stereocenters. The minimum atomic E-state index is 1.10. The summed E-state index contributed by atoms with van der Waals surface area (Å²) >= 11 is 0. The molecule has 0 spiro atoms. The fourth-order valence-electron chi connectivity index (χ4n) is 9.09. The summed E-state index contributed by atoms with van der Waals surface area (Å²) in [4.78, 5) is 2.52. The molecule has 0 unspecified atom stereocenters. The van der Waals surface area contributed by atoms with E-state index in [1.807, 2.05) is 0 Å². The normalized spacial score (nSPS) is 11.4. The molecule has 0 bridgehead atoms. The number of aromatic nitrogens is 1. The van der Waals surface area contributed by atoms with Crippen LogP contribution < -0.4 is 4.90 Å². The van der Waals surface area contributed by atoms with Crippen LogP contribution in [0.3, 0.4) is 0 Å². The zero-order chi connectivity index (χ0) is 38.4. The molecule has 0 aliphatic carbocycles. The first-order valence-corrected chi connectivity index (χ1v) is 19.9. The number of fused-ring (bicyclic) bond motifs is 5. The van der Waals surface area contributed by atoms with Gasteiger partial charge in [-0.25, -0.2) is 0 Å². The van der Waals surface area contributed by atoms with E-state index in [1.165, 1.54) is 60.1 Å². The Kier molecular flexibility index (Phi) is 8.19. The molecule has 2 nitrogen and oxygen atoms in total. The molecule has 0 saturated heterocycles. The summed E-state index contributed by atoms with van der Waals surface area (Å²) in [5.41, 5.74) is 13.9. The number of rotatable bonds is 7. The second kappa shape index (κ2) is 14.1. The van der Waals surface area contributed by atoms with E-state index in [0.717, 1.165) is 39.4 Å². The Morgan fingerprint density at radius 2 is 0.776 bits per heavy atom. The lowest BCUT2D eigenvalue weighted by atomic mass is 9.90. The van der Waals surface area contributed by atoms with Crippen molar-refractivity contribution >= 4 is 60.4 Å². The summed E-state index contributed by atoms with van der Waals surface area (Å²) in [6.07, 6.45) is 0. The molecule has 0 radical (unpaired) electrons. The lowest BCUT2D eigenvalue weighted by molar-refractivity contribution is 1.17. The highest BCUT2D eigenvalue weighted by molar-refractivity contribution is 6.16. The number of para-hydroxylation sites is 5. The predicted molar refractivity (Wildman–Crippen MR) is 247 cm³/mol. The summed E-state index contributed by atoms with van der Waals surface area (Å²) < 4.78 is 2.45. The molecule has 1 heterocycles. The maximum Gasteiger partial charge on any atom is 0.0782 e. The van der Waals surface area contributed by atoms with E-state index in [1.54, 1.807) is 0 Å². The Bertz CT molecular complexity index is 3280. The molecule has 11 rings (SSSR count). The number of nitrogens with zero attached hydrogens (tertiary/aromatic N) is 2. The van der Waals surface area contributed by atoms with Crippen LogP contribution in [0.15, 0.2) is 231 Å². The molecular weight excluding hydrogens is 701 g/mol. The lowest BCUT2D eigenvalue weighted by Crippen LogP contribution is -2.14. The van der Waals surface area contributed by atoms with E-state index >= 15 is 0 Å². The van der Waals surface area contributed by atoms with Gasteiger partial charge in [-0.15, -0.1) is 0 Å². The molecule has 0 aliphatic rings. The average molecular weight is 739 g/mol. The van der Waals surface area contributed by atoms with Gasteiger partial charge in [-0.1, -0.05) is 194 Å². The quantitative estimate of drug-likeness (QED) is 0.158. The van der Waals surface area contributed by atoms with Crippen molar-refractivity contribution in [3.63, 3.8) is 0 Å². The maximum absolute atomic E-state index is 2.52. The van der Waals surface area contributed by atoms with Crippen LogP contribution in [0.5, 0.6) is 0 Å². The molecule has 10 aromatic carbocycles. The van der Waals surface area contributed by atoms with Crippen molar-refractivity contribution in [3.05, 3.63) is 231 Å². The molecule has 2 heteroatoms. The van der Waals surface area contributed by atoms with Crippen molar-refractivity contribution in [2.45, 2.75) is 0 Å². The summed E-state index contributed by atoms with van der Waals surface area (Å²) in [5.74, 6) is 0. The summed E-state index contributed by atoms with van der Waals surface area (Å²) in [7, 11) is 0. The van der Waals surface area contributed by atoms with Gasteiger partial charge in [-0.2, -0.15) is 0 Å². The predicted octanol–water partition coefficient (Wildman–Crippen LogP) is 15.6. The Morgan fingerprint density at radius 1 is 0.293 bits per heavy atom. The second-order valence-electron chi connectivity index (χ2n) is 14.8. The monoisotopic (exact) mass is 738 g/mol. The minimum Gasteiger partial charge on any atom is -0.307 e. The smallest absolute Gasteiger partial charge is 0.0782 e. The zero-order valence-corrected chi connectivity index (χ0v) is 31.8. The highest BCUT2D eigenvalue weighted by Gasteiger charge is 2.26. The fourth-order valence-corrected chi connectivity index (χ4v) is 9.09. The van der Waals surface area contributed by atoms with E-state index in [0.29, 0.717) is 0 Å². The zero-order valence-electron chi connectivity index (χ0n) is 31.8. The van der Waals surface area contributed by atoms with Gasteiger partial charge in [0.15, 0.2) is 0 Å². The van der Waals surface area contributed by atoms with E-state index < -0.39 is 0 Å². The fraction of sp³-hybridized carbons (Fsp3) is 0. The number of hydrogen-bond donors (Lipinski definition) is 0. The average Bonchev–Trinajstić information content (AvgIpc) is 3.65. The van der Waals surface area contributed by atoms with Crippen molar-refractivity contribution in [1.29, 1.82) is 0 Å². The van der Waals surface area contributed by atoms with Crippen molar-refractivity contribution < 1.29 is 0 Å². The Hall–Kier alpha value is -7.68. The summed E-state index contributed by atoms with van der Waals surface area (Å²) in [6, 6.07) is 83.8. The van der Waals surface area contributed by atoms with Crippen molar-refractivity contribution in [2.75, 3.05) is 4.90 Å². The van der Waals surface area contributed by atoms with Crippen LogP contribution in [-0.2, 0) is 0 Å². The Morgan fingerprint density at radius 3 is 1.53 bits per heavy atom. The van der Waals surface area contributed by atoms with Gasteiger partial charge in [0.2, 0.25) is 0 Å². The van der Waals surface area contributed by atoms with Gasteiger partial charge in [-0.05, 0) is 80.2 Å². The van der Waals surface area contributed by atoms with E-state index in [-0.39, 0.29) is 0 Å². The summed E-state index contributed by atoms with van der Waals surface area (Å²) in [6.45, 7) is 0. The number of benzene rings is 10. The van der Waals surface area contributed by atoms with Crippen LogP contribution in [-0.4, -0.2) is 4.57 Å². The van der Waals surface area contributed by atoms with E-state index in [9.17, 15) is 0 Å². The molecule has 1 aromatic heterocycles. The van der Waals surface area contributed by atoms with Crippen molar-refractivity contribution in [2.24, 2.45) is 0 Å². The van der Waals surface area contributed by atoms with E-state index in [2.05, 4.69) is 240 Å². The van der Waals surface area contributed by atoms with Gasteiger partial charge >= 0.3 is 0 Å². The summed E-state index contributed by atoms with van der Waals surface area (Å²) in [5, 5.41) is 7.32. The van der Waals surface area contributed by atoms with E-state index in [4.69, 9.17) is 0 Å². The van der Waals surface area contributed by atoms with Gasteiger partial charge in [0.1, 0.15) is 0 Å². The van der Waals surface area contributed by atoms with Crippen LogP contribution in [0.1, 0.15) is 0 Å². The highest BCUT2D eigenvalue weighted by Crippen LogP contribution is 2.50. The molecule has 272 valence electrons. The molecule has 58 heavy (non-hydrogen) atoms. The molecule has 0 aliphatic heterocycles. The van der Waals surface area contributed by atoms with Crippen LogP contribution in [0.4, 0.5) is 17.1 Å². The minimum absolute atomic E-state index is 1.10. The molecular formula is C56H38N2. The third-order valence-electron chi connectivity index (χ3n) is 11.6. The van der Waals surface area contributed by atoms with Crippen LogP contribution in [0.25, 0.3) is 82.4 Å². The van der Waals surface area contributed by atoms with Crippen LogP contribution in [0.2, 0.25) is 0 Å². The first-order chi connectivity index (χ1) is 28.8. The highest BCUT2D eigenvalue weighted by atomic mass is 15.2. The molecule has 0 amide bonds. The first-order valence-electron chi connectivity index (χ1n) is 19.9. The van der Waals surface area contributed by atoms with Gasteiger partial charge in [0.05, 0.1) is 28.1 Å². The molecule has 0 saturated carbocycles. The third kappa shape index (κ3) is 5.50. The van der Waals surface area contributed by atoms with Gasteiger partial charge in [-0.3, -0.25) is 0 Å². The molecule has 0 N–H and O–H groups in total. The lowest BCUT2D eigenvalue weighted by Gasteiger charge is -2.31. The Balaban J connectivity index is 1.27. The third-order valence-corrected chi connectivity index (χ3v) is 11.6. The molecule has 0 fully saturated rings. The number of hydrogen-bond acceptors (Lipinski definition) is 1. The van der Waals surface area contributed by atoms with Gasteiger partial charge in [0, 0.05) is 27.6 Å². The maximum atomic E-state index is 2.52. The van der Waals surface area contributed by atoms with Gasteiger partial charge in [0.25, 0.3) is 0 Å². The van der Waals surface area contributed by atoms with Crippen LogP contribution >= 0.6 is 0 Å². The standard InChI is InChI=1S/C56H38N2/c1-3-19-40(20-4-1)44-31-16-23-41-24-17-33-49(55(41)44)47-29-10-14-37-53(47)58(52-36-13-9-28-46(52)45-32-15-22-39-21-7-8-27-43(39)45)54-38-18-34-50-48-30-11-12-35-51(48)57(56(50)54)42-25-5-2-6-26-42/h1-38H. The van der Waals surface area contributed by atoms with Crippen molar-refractivity contribution in [3.8, 4) is 39.1 Å². The van der Waals surface area contributed by atoms with Crippen molar-refractivity contribution in [1.82, 2.24) is 4.57 Å². The largest absolute Gasteiger partial charge is 0.307 e.